The molecule has 4 heteroatoms. The van der Waals surface area contributed by atoms with Crippen LogP contribution < -0.4 is 5.32 Å². The van der Waals surface area contributed by atoms with Gasteiger partial charge >= 0.3 is 0 Å². The molecule has 1 fully saturated rings. The Morgan fingerprint density at radius 2 is 2.37 bits per heavy atom. The SMILES string of the molecule is CCCNC(Cc1nccn1CCC)C1CCCO1. The average molecular weight is 265 g/mol. The van der Waals surface area contributed by atoms with Crippen molar-refractivity contribution in [3.05, 3.63) is 18.2 Å². The molecule has 0 amide bonds. The number of ether oxygens (including phenoxy) is 1. The summed E-state index contributed by atoms with van der Waals surface area (Å²) in [5.41, 5.74) is 0. The molecule has 1 aliphatic heterocycles. The number of rotatable bonds is 8. The number of nitrogens with one attached hydrogen (secondary N) is 1. The maximum atomic E-state index is 5.86. The van der Waals surface area contributed by atoms with Crippen LogP contribution in [-0.2, 0) is 17.7 Å². The molecule has 0 bridgehead atoms. The van der Waals surface area contributed by atoms with Gasteiger partial charge in [0, 0.05) is 38.0 Å². The van der Waals surface area contributed by atoms with Crippen LogP contribution in [-0.4, -0.2) is 34.8 Å². The van der Waals surface area contributed by atoms with E-state index in [-0.39, 0.29) is 0 Å². The van der Waals surface area contributed by atoms with E-state index in [2.05, 4.69) is 34.9 Å². The Balaban J connectivity index is 1.99. The Bertz CT molecular complexity index is 358. The highest BCUT2D eigenvalue weighted by Gasteiger charge is 2.26. The van der Waals surface area contributed by atoms with Crippen molar-refractivity contribution >= 4 is 0 Å². The molecule has 0 saturated carbocycles. The second-order valence-electron chi connectivity index (χ2n) is 5.35. The van der Waals surface area contributed by atoms with Crippen molar-refractivity contribution in [1.82, 2.24) is 14.9 Å². The van der Waals surface area contributed by atoms with Gasteiger partial charge in [0.2, 0.25) is 0 Å². The normalized spacial score (nSPS) is 20.8. The first-order valence-corrected chi connectivity index (χ1v) is 7.70. The van der Waals surface area contributed by atoms with Crippen molar-refractivity contribution < 1.29 is 4.74 Å². The molecule has 108 valence electrons. The molecular formula is C15H27N3O. The maximum absolute atomic E-state index is 5.86. The number of aromatic nitrogens is 2. The van der Waals surface area contributed by atoms with Gasteiger partial charge in [0.05, 0.1) is 6.10 Å². The number of nitrogens with zero attached hydrogens (tertiary/aromatic N) is 2. The van der Waals surface area contributed by atoms with E-state index >= 15 is 0 Å². The van der Waals surface area contributed by atoms with E-state index in [9.17, 15) is 0 Å². The third-order valence-corrected chi connectivity index (χ3v) is 3.74. The molecule has 2 atom stereocenters. The molecule has 2 heterocycles. The summed E-state index contributed by atoms with van der Waals surface area (Å²) >= 11 is 0. The van der Waals surface area contributed by atoms with E-state index in [0.29, 0.717) is 12.1 Å². The van der Waals surface area contributed by atoms with Gasteiger partial charge < -0.3 is 14.6 Å². The topological polar surface area (TPSA) is 39.1 Å². The Morgan fingerprint density at radius 3 is 3.05 bits per heavy atom. The van der Waals surface area contributed by atoms with Crippen LogP contribution >= 0.6 is 0 Å². The predicted molar refractivity (Wildman–Crippen MR) is 77.3 cm³/mol. The molecule has 2 unspecified atom stereocenters. The smallest absolute Gasteiger partial charge is 0.110 e. The van der Waals surface area contributed by atoms with E-state index in [0.717, 1.165) is 39.0 Å². The fourth-order valence-electron chi connectivity index (χ4n) is 2.76. The lowest BCUT2D eigenvalue weighted by Crippen LogP contribution is -2.42. The Morgan fingerprint density at radius 1 is 1.47 bits per heavy atom. The molecule has 1 N–H and O–H groups in total. The van der Waals surface area contributed by atoms with Crippen molar-refractivity contribution in [2.45, 2.75) is 64.6 Å². The standard InChI is InChI=1S/C15H27N3O/c1-3-7-16-13(14-6-5-11-19-14)12-15-17-8-10-18(15)9-4-2/h8,10,13-14,16H,3-7,9,11-12H2,1-2H3. The third-order valence-electron chi connectivity index (χ3n) is 3.74. The summed E-state index contributed by atoms with van der Waals surface area (Å²) in [6.07, 6.45) is 10.0. The first-order chi connectivity index (χ1) is 9.35. The van der Waals surface area contributed by atoms with Crippen molar-refractivity contribution in [3.63, 3.8) is 0 Å². The van der Waals surface area contributed by atoms with Crippen LogP contribution in [0.25, 0.3) is 0 Å². The minimum absolute atomic E-state index is 0.360. The highest BCUT2D eigenvalue weighted by Crippen LogP contribution is 2.18. The van der Waals surface area contributed by atoms with Crippen molar-refractivity contribution in [2.24, 2.45) is 0 Å². The predicted octanol–water partition coefficient (Wildman–Crippen LogP) is 2.38. The van der Waals surface area contributed by atoms with Crippen LogP contribution in [0.4, 0.5) is 0 Å². The number of hydrogen-bond acceptors (Lipinski definition) is 3. The van der Waals surface area contributed by atoms with Gasteiger partial charge in [-0.25, -0.2) is 4.98 Å². The van der Waals surface area contributed by atoms with Crippen LogP contribution in [0.2, 0.25) is 0 Å². The molecule has 4 nitrogen and oxygen atoms in total. The lowest BCUT2D eigenvalue weighted by atomic mass is 10.0. The molecule has 1 saturated heterocycles. The minimum Gasteiger partial charge on any atom is -0.377 e. The van der Waals surface area contributed by atoms with Gasteiger partial charge in [-0.2, -0.15) is 0 Å². The Hall–Kier alpha value is -0.870. The molecule has 0 aliphatic carbocycles. The van der Waals surface area contributed by atoms with E-state index in [4.69, 9.17) is 4.74 Å². The molecule has 1 aromatic rings. The first-order valence-electron chi connectivity index (χ1n) is 7.70. The molecule has 1 aliphatic rings. The summed E-state index contributed by atoms with van der Waals surface area (Å²) in [5.74, 6) is 1.19. The lowest BCUT2D eigenvalue weighted by molar-refractivity contribution is 0.0775. The van der Waals surface area contributed by atoms with E-state index < -0.39 is 0 Å². The van der Waals surface area contributed by atoms with E-state index in [1.807, 2.05) is 6.20 Å². The number of imidazole rings is 1. The third kappa shape index (κ3) is 4.05. The van der Waals surface area contributed by atoms with Crippen LogP contribution in [0.15, 0.2) is 12.4 Å². The second kappa shape index (κ2) is 7.65. The Labute approximate surface area is 116 Å². The van der Waals surface area contributed by atoms with Gasteiger partial charge in [-0.3, -0.25) is 0 Å². The van der Waals surface area contributed by atoms with Crippen molar-refractivity contribution in [1.29, 1.82) is 0 Å². The summed E-state index contributed by atoms with van der Waals surface area (Å²) in [6.45, 7) is 7.44. The fourth-order valence-corrected chi connectivity index (χ4v) is 2.76. The molecule has 0 spiro atoms. The Kier molecular flexibility index (Phi) is 5.86. The highest BCUT2D eigenvalue weighted by atomic mass is 16.5. The molecule has 19 heavy (non-hydrogen) atoms. The zero-order chi connectivity index (χ0) is 13.5. The highest BCUT2D eigenvalue weighted by molar-refractivity contribution is 4.98. The molecule has 0 aromatic carbocycles. The van der Waals surface area contributed by atoms with Crippen LogP contribution in [0.1, 0.15) is 45.4 Å². The summed E-state index contributed by atoms with van der Waals surface area (Å²) in [7, 11) is 0. The van der Waals surface area contributed by atoms with E-state index in [1.165, 1.54) is 18.7 Å². The van der Waals surface area contributed by atoms with Gasteiger partial charge in [0.1, 0.15) is 5.82 Å². The summed E-state index contributed by atoms with van der Waals surface area (Å²) in [5, 5.41) is 3.64. The van der Waals surface area contributed by atoms with Crippen LogP contribution in [0, 0.1) is 0 Å². The molecule has 1 aromatic heterocycles. The lowest BCUT2D eigenvalue weighted by Gasteiger charge is -2.24. The van der Waals surface area contributed by atoms with Gasteiger partial charge in [0.15, 0.2) is 0 Å². The molecule has 2 rings (SSSR count). The van der Waals surface area contributed by atoms with Gasteiger partial charge in [0.25, 0.3) is 0 Å². The zero-order valence-electron chi connectivity index (χ0n) is 12.3. The number of hydrogen-bond donors (Lipinski definition) is 1. The monoisotopic (exact) mass is 265 g/mol. The quantitative estimate of drug-likeness (QED) is 0.784. The summed E-state index contributed by atoms with van der Waals surface area (Å²) < 4.78 is 8.13. The first kappa shape index (κ1) is 14.5. The minimum atomic E-state index is 0.360. The van der Waals surface area contributed by atoms with E-state index in [1.54, 1.807) is 0 Å². The molecular weight excluding hydrogens is 238 g/mol. The summed E-state index contributed by atoms with van der Waals surface area (Å²) in [4.78, 5) is 4.52. The molecule has 0 radical (unpaired) electrons. The number of aryl methyl sites for hydroxylation is 1. The zero-order valence-corrected chi connectivity index (χ0v) is 12.3. The second-order valence-corrected chi connectivity index (χ2v) is 5.35. The largest absolute Gasteiger partial charge is 0.377 e. The van der Waals surface area contributed by atoms with Crippen molar-refractivity contribution in [2.75, 3.05) is 13.2 Å². The maximum Gasteiger partial charge on any atom is 0.110 e. The van der Waals surface area contributed by atoms with Gasteiger partial charge in [-0.1, -0.05) is 13.8 Å². The fraction of sp³-hybridized carbons (Fsp3) is 0.800. The summed E-state index contributed by atoms with van der Waals surface area (Å²) in [6, 6.07) is 0.403. The van der Waals surface area contributed by atoms with Crippen molar-refractivity contribution in [3.8, 4) is 0 Å². The van der Waals surface area contributed by atoms with Crippen LogP contribution in [0.5, 0.6) is 0 Å². The van der Waals surface area contributed by atoms with Gasteiger partial charge in [-0.15, -0.1) is 0 Å². The van der Waals surface area contributed by atoms with Crippen LogP contribution in [0.3, 0.4) is 0 Å². The van der Waals surface area contributed by atoms with Gasteiger partial charge in [-0.05, 0) is 32.2 Å². The average Bonchev–Trinajstić information content (AvgIpc) is 3.06.